The van der Waals surface area contributed by atoms with Crippen LogP contribution in [0.1, 0.15) is 61.5 Å². The van der Waals surface area contributed by atoms with Crippen LogP contribution in [0.15, 0.2) is 35.1 Å². The monoisotopic (exact) mass is 367 g/mol. The Labute approximate surface area is 160 Å². The molecule has 27 heavy (non-hydrogen) atoms. The summed E-state index contributed by atoms with van der Waals surface area (Å²) in [6.45, 7) is 4.83. The van der Waals surface area contributed by atoms with Crippen molar-refractivity contribution in [2.75, 3.05) is 13.1 Å². The maximum Gasteiger partial charge on any atom is 0.251 e. The van der Waals surface area contributed by atoms with Crippen LogP contribution >= 0.6 is 0 Å². The smallest absolute Gasteiger partial charge is 0.251 e. The van der Waals surface area contributed by atoms with Crippen molar-refractivity contribution in [2.45, 2.75) is 64.0 Å². The highest BCUT2D eigenvalue weighted by Crippen LogP contribution is 2.27. The first-order chi connectivity index (χ1) is 13.2. The molecule has 2 heterocycles. The topological polar surface area (TPSA) is 58.2 Å². The molecule has 1 N–H and O–H groups in total. The molecule has 1 aromatic heterocycles. The molecule has 0 radical (unpaired) electrons. The number of piperidine rings is 1. The zero-order chi connectivity index (χ0) is 18.6. The van der Waals surface area contributed by atoms with Gasteiger partial charge in [-0.25, -0.2) is 4.98 Å². The number of aryl methyl sites for hydroxylation is 1. The van der Waals surface area contributed by atoms with Crippen molar-refractivity contribution in [3.05, 3.63) is 57.8 Å². The maximum atomic E-state index is 11.8. The molecule has 0 bridgehead atoms. The summed E-state index contributed by atoms with van der Waals surface area (Å²) in [6.07, 6.45) is 7.60. The second kappa shape index (κ2) is 8.26. The zero-order valence-electron chi connectivity index (χ0n) is 16.1. The molecule has 1 aliphatic carbocycles. The lowest BCUT2D eigenvalue weighted by molar-refractivity contribution is 0.197. The van der Waals surface area contributed by atoms with Gasteiger partial charge < -0.3 is 9.72 Å². The zero-order valence-corrected chi connectivity index (χ0v) is 16.1. The minimum absolute atomic E-state index is 0.0486. The lowest BCUT2D eigenvalue weighted by Gasteiger charge is -2.32. The summed E-state index contributed by atoms with van der Waals surface area (Å²) in [5.74, 6) is 2.03. The Balaban J connectivity index is 1.36. The maximum absolute atomic E-state index is 11.8. The van der Waals surface area contributed by atoms with Crippen molar-refractivity contribution >= 4 is 0 Å². The average molecular weight is 367 g/mol. The number of nitrogens with zero attached hydrogens (tertiary/aromatic N) is 2. The quantitative estimate of drug-likeness (QED) is 0.874. The van der Waals surface area contributed by atoms with Crippen LogP contribution in [-0.2, 0) is 6.54 Å². The lowest BCUT2D eigenvalue weighted by Crippen LogP contribution is -2.34. The molecule has 2 fully saturated rings. The predicted octanol–water partition coefficient (Wildman–Crippen LogP) is 3.78. The largest absolute Gasteiger partial charge is 0.490 e. The molecule has 0 spiro atoms. The summed E-state index contributed by atoms with van der Waals surface area (Å²) in [5.41, 5.74) is 2.19. The molecule has 1 saturated carbocycles. The van der Waals surface area contributed by atoms with Gasteiger partial charge in [0.15, 0.2) is 0 Å². The third-order valence-electron chi connectivity index (χ3n) is 5.74. The second-order valence-electron chi connectivity index (χ2n) is 8.00. The van der Waals surface area contributed by atoms with Gasteiger partial charge in [-0.3, -0.25) is 9.69 Å². The fourth-order valence-electron chi connectivity index (χ4n) is 4.38. The van der Waals surface area contributed by atoms with Crippen LogP contribution in [0.25, 0.3) is 0 Å². The van der Waals surface area contributed by atoms with E-state index >= 15 is 0 Å². The number of benzene rings is 1. The van der Waals surface area contributed by atoms with Gasteiger partial charge in [-0.2, -0.15) is 0 Å². The van der Waals surface area contributed by atoms with Gasteiger partial charge in [-0.1, -0.05) is 12.1 Å². The third-order valence-corrected chi connectivity index (χ3v) is 5.74. The lowest BCUT2D eigenvalue weighted by atomic mass is 9.94. The van der Waals surface area contributed by atoms with Crippen LogP contribution in [0.2, 0.25) is 0 Å². The van der Waals surface area contributed by atoms with Crippen LogP contribution < -0.4 is 10.3 Å². The molecule has 5 nitrogen and oxygen atoms in total. The van der Waals surface area contributed by atoms with Crippen molar-refractivity contribution in [1.29, 1.82) is 0 Å². The van der Waals surface area contributed by atoms with Gasteiger partial charge in [0.05, 0.1) is 11.8 Å². The Bertz CT molecular complexity index is 809. The van der Waals surface area contributed by atoms with Crippen LogP contribution in [0.4, 0.5) is 0 Å². The Kier molecular flexibility index (Phi) is 5.58. The van der Waals surface area contributed by atoms with Gasteiger partial charge >= 0.3 is 0 Å². The third kappa shape index (κ3) is 4.78. The van der Waals surface area contributed by atoms with Crippen LogP contribution in [0.5, 0.6) is 5.75 Å². The number of rotatable bonds is 5. The Morgan fingerprint density at radius 2 is 1.93 bits per heavy atom. The van der Waals surface area contributed by atoms with E-state index in [1.165, 1.54) is 31.2 Å². The van der Waals surface area contributed by atoms with E-state index in [4.69, 9.17) is 4.74 Å². The number of H-pyrrole nitrogens is 1. The van der Waals surface area contributed by atoms with Crippen molar-refractivity contribution < 1.29 is 4.74 Å². The van der Waals surface area contributed by atoms with E-state index in [-0.39, 0.29) is 5.56 Å². The van der Waals surface area contributed by atoms with Crippen molar-refractivity contribution in [3.8, 4) is 5.75 Å². The molecule has 2 aliphatic rings. The van der Waals surface area contributed by atoms with Gasteiger partial charge in [-0.15, -0.1) is 0 Å². The summed E-state index contributed by atoms with van der Waals surface area (Å²) in [6, 6.07) is 10.2. The van der Waals surface area contributed by atoms with E-state index in [2.05, 4.69) is 39.1 Å². The molecule has 1 aromatic carbocycles. The molecule has 5 heteroatoms. The highest BCUT2D eigenvalue weighted by atomic mass is 16.5. The molecule has 0 amide bonds. The van der Waals surface area contributed by atoms with E-state index in [1.807, 2.05) is 6.92 Å². The fraction of sp³-hybridized carbons (Fsp3) is 0.545. The van der Waals surface area contributed by atoms with E-state index in [9.17, 15) is 4.79 Å². The minimum atomic E-state index is -0.0486. The first-order valence-corrected chi connectivity index (χ1v) is 10.2. The highest BCUT2D eigenvalue weighted by Gasteiger charge is 2.23. The molecular weight excluding hydrogens is 338 g/mol. The molecule has 2 aromatic rings. The van der Waals surface area contributed by atoms with Crippen LogP contribution in [0.3, 0.4) is 0 Å². The van der Waals surface area contributed by atoms with Crippen molar-refractivity contribution in [2.24, 2.45) is 0 Å². The summed E-state index contributed by atoms with van der Waals surface area (Å²) in [4.78, 5) is 21.5. The summed E-state index contributed by atoms with van der Waals surface area (Å²) < 4.78 is 6.06. The number of hydrogen-bond acceptors (Lipinski definition) is 4. The average Bonchev–Trinajstić information content (AvgIpc) is 3.16. The molecule has 1 saturated heterocycles. The number of likely N-dealkylation sites (tertiary alicyclic amines) is 1. The van der Waals surface area contributed by atoms with Crippen molar-refractivity contribution in [3.63, 3.8) is 0 Å². The fourth-order valence-corrected chi connectivity index (χ4v) is 4.38. The number of aromatic nitrogens is 2. The van der Waals surface area contributed by atoms with E-state index in [1.54, 1.807) is 6.07 Å². The number of ether oxygens (including phenoxy) is 1. The Morgan fingerprint density at radius 3 is 2.67 bits per heavy atom. The molecule has 0 unspecified atom stereocenters. The van der Waals surface area contributed by atoms with Gasteiger partial charge in [0.2, 0.25) is 0 Å². The van der Waals surface area contributed by atoms with Gasteiger partial charge in [0.1, 0.15) is 11.6 Å². The van der Waals surface area contributed by atoms with Gasteiger partial charge in [-0.05, 0) is 69.7 Å². The van der Waals surface area contributed by atoms with E-state index in [0.717, 1.165) is 43.9 Å². The van der Waals surface area contributed by atoms with Gasteiger partial charge in [0.25, 0.3) is 5.56 Å². The predicted molar refractivity (Wildman–Crippen MR) is 106 cm³/mol. The Morgan fingerprint density at radius 1 is 1.15 bits per heavy atom. The summed E-state index contributed by atoms with van der Waals surface area (Å²) in [5, 5.41) is 0. The van der Waals surface area contributed by atoms with Gasteiger partial charge in [0, 0.05) is 25.1 Å². The molecule has 1 atom stereocenters. The Hall–Kier alpha value is -2.14. The molecule has 144 valence electrons. The standard InChI is InChI=1S/C22H29N3O2/c1-16-23-21(13-22(26)24-16)18-5-4-12-25(15-18)14-17-8-10-20(11-9-17)27-19-6-2-3-7-19/h8-11,13,18-19H,2-7,12,14-15H2,1H3,(H,23,24,26)/t18-/m1/s1. The second-order valence-corrected chi connectivity index (χ2v) is 8.00. The number of nitrogens with one attached hydrogen (secondary N) is 1. The number of aromatic amines is 1. The SMILES string of the molecule is Cc1nc([C@@H]2CCCN(Cc3ccc(OC4CCCC4)cc3)C2)cc(=O)[nH]1. The van der Waals surface area contributed by atoms with Crippen molar-refractivity contribution in [1.82, 2.24) is 14.9 Å². The van der Waals surface area contributed by atoms with Crippen LogP contribution in [-0.4, -0.2) is 34.1 Å². The minimum Gasteiger partial charge on any atom is -0.490 e. The molecular formula is C22H29N3O2. The molecule has 1 aliphatic heterocycles. The number of hydrogen-bond donors (Lipinski definition) is 1. The normalized spacial score (nSPS) is 21.4. The van der Waals surface area contributed by atoms with E-state index in [0.29, 0.717) is 17.8 Å². The first-order valence-electron chi connectivity index (χ1n) is 10.2. The van der Waals surface area contributed by atoms with Crippen LogP contribution in [0, 0.1) is 6.92 Å². The molecule has 4 rings (SSSR count). The highest BCUT2D eigenvalue weighted by molar-refractivity contribution is 5.27. The summed E-state index contributed by atoms with van der Waals surface area (Å²) in [7, 11) is 0. The van der Waals surface area contributed by atoms with E-state index < -0.39 is 0 Å². The summed E-state index contributed by atoms with van der Waals surface area (Å²) >= 11 is 0. The first kappa shape index (κ1) is 18.2.